The van der Waals surface area contributed by atoms with Crippen LogP contribution in [-0.4, -0.2) is 38.1 Å². The number of nitrogens with two attached hydrogens (primary N) is 1. The Morgan fingerprint density at radius 2 is 1.59 bits per heavy atom. The largest absolute Gasteiger partial charge is 0.399 e. The number of hydrogen-bond acceptors (Lipinski definition) is 3. The van der Waals surface area contributed by atoms with Crippen LogP contribution < -0.4 is 10.6 Å². The molecule has 0 saturated carbocycles. The Morgan fingerprint density at radius 3 is 2.18 bits per heavy atom. The van der Waals surface area contributed by atoms with Crippen LogP contribution in [0.15, 0.2) is 18.2 Å². The van der Waals surface area contributed by atoms with Crippen molar-refractivity contribution in [2.45, 2.75) is 45.4 Å². The van der Waals surface area contributed by atoms with E-state index in [1.54, 1.807) is 0 Å². The van der Waals surface area contributed by atoms with Gasteiger partial charge in [0.25, 0.3) is 0 Å². The molecule has 2 N–H and O–H groups in total. The van der Waals surface area contributed by atoms with E-state index in [0.29, 0.717) is 11.3 Å². The number of benzene rings is 1. The first-order valence-electron chi connectivity index (χ1n) is 8.82. The van der Waals surface area contributed by atoms with E-state index in [1.807, 2.05) is 0 Å². The maximum absolute atomic E-state index is 6.00. The van der Waals surface area contributed by atoms with E-state index < -0.39 is 0 Å². The molecule has 3 nitrogen and oxygen atoms in total. The van der Waals surface area contributed by atoms with Gasteiger partial charge in [0.2, 0.25) is 0 Å². The second kappa shape index (κ2) is 6.11. The Bertz CT molecular complexity index is 505. The van der Waals surface area contributed by atoms with Gasteiger partial charge in [0.1, 0.15) is 0 Å². The molecule has 0 amide bonds. The zero-order chi connectivity index (χ0) is 15.7. The first kappa shape index (κ1) is 15.7. The van der Waals surface area contributed by atoms with Gasteiger partial charge in [-0.15, -0.1) is 0 Å². The van der Waals surface area contributed by atoms with Crippen LogP contribution in [0.4, 0.5) is 11.4 Å². The highest BCUT2D eigenvalue weighted by molar-refractivity contribution is 5.61. The molecule has 2 saturated heterocycles. The van der Waals surface area contributed by atoms with Crippen molar-refractivity contribution < 1.29 is 0 Å². The predicted molar refractivity (Wildman–Crippen MR) is 95.6 cm³/mol. The lowest BCUT2D eigenvalue weighted by Gasteiger charge is -2.47. The molecule has 22 heavy (non-hydrogen) atoms. The highest BCUT2D eigenvalue weighted by Gasteiger charge is 2.37. The van der Waals surface area contributed by atoms with Gasteiger partial charge in [-0.1, -0.05) is 13.8 Å². The fraction of sp³-hybridized carbons (Fsp3) is 0.684. The van der Waals surface area contributed by atoms with Crippen molar-refractivity contribution in [1.82, 2.24) is 4.90 Å². The van der Waals surface area contributed by atoms with Gasteiger partial charge >= 0.3 is 0 Å². The van der Waals surface area contributed by atoms with Gasteiger partial charge in [-0.05, 0) is 80.9 Å². The average molecular weight is 301 g/mol. The molecule has 2 fully saturated rings. The number of likely N-dealkylation sites (tertiary alicyclic amines) is 1. The van der Waals surface area contributed by atoms with Crippen LogP contribution >= 0.6 is 0 Å². The summed E-state index contributed by atoms with van der Waals surface area (Å²) in [6, 6.07) is 6.46. The molecule has 3 rings (SSSR count). The van der Waals surface area contributed by atoms with Crippen LogP contribution in [0, 0.1) is 5.41 Å². The third-order valence-corrected chi connectivity index (χ3v) is 5.89. The number of piperidine rings is 2. The van der Waals surface area contributed by atoms with E-state index in [0.717, 1.165) is 5.69 Å². The lowest BCUT2D eigenvalue weighted by Crippen LogP contribution is -2.46. The maximum Gasteiger partial charge on any atom is 0.0402 e. The van der Waals surface area contributed by atoms with Gasteiger partial charge in [-0.3, -0.25) is 0 Å². The summed E-state index contributed by atoms with van der Waals surface area (Å²) in [5, 5.41) is 0. The van der Waals surface area contributed by atoms with Gasteiger partial charge in [0.15, 0.2) is 0 Å². The Hall–Kier alpha value is -1.22. The zero-order valence-electron chi connectivity index (χ0n) is 14.4. The third kappa shape index (κ3) is 3.10. The summed E-state index contributed by atoms with van der Waals surface area (Å²) in [6.07, 6.45) is 5.47. The molecule has 2 heterocycles. The van der Waals surface area contributed by atoms with Crippen molar-refractivity contribution in [1.29, 1.82) is 0 Å². The molecule has 0 aliphatic carbocycles. The van der Waals surface area contributed by atoms with E-state index in [1.165, 1.54) is 63.1 Å². The monoisotopic (exact) mass is 301 g/mol. The summed E-state index contributed by atoms with van der Waals surface area (Å²) in [7, 11) is 2.26. The molecule has 0 bridgehead atoms. The third-order valence-electron chi connectivity index (χ3n) is 5.89. The van der Waals surface area contributed by atoms with E-state index >= 15 is 0 Å². The lowest BCUT2D eigenvalue weighted by molar-refractivity contribution is 0.0944. The molecule has 0 radical (unpaired) electrons. The Kier molecular flexibility index (Phi) is 4.35. The Labute approximate surface area is 135 Å². The predicted octanol–water partition coefficient (Wildman–Crippen LogP) is 3.70. The first-order valence-corrected chi connectivity index (χ1v) is 8.82. The molecule has 122 valence electrons. The van der Waals surface area contributed by atoms with Crippen molar-refractivity contribution in [2.24, 2.45) is 5.41 Å². The highest BCUT2D eigenvalue weighted by Crippen LogP contribution is 2.43. The summed E-state index contributed by atoms with van der Waals surface area (Å²) in [6.45, 7) is 9.49. The van der Waals surface area contributed by atoms with E-state index in [9.17, 15) is 0 Å². The van der Waals surface area contributed by atoms with E-state index in [-0.39, 0.29) is 0 Å². The molecule has 1 aromatic rings. The van der Waals surface area contributed by atoms with Gasteiger partial charge in [-0.25, -0.2) is 0 Å². The van der Waals surface area contributed by atoms with Gasteiger partial charge in [-0.2, -0.15) is 0 Å². The molecule has 0 aromatic heterocycles. The molecule has 3 heteroatoms. The molecular formula is C19H31N3. The van der Waals surface area contributed by atoms with Crippen LogP contribution in [0.5, 0.6) is 0 Å². The molecule has 2 aliphatic heterocycles. The van der Waals surface area contributed by atoms with Crippen LogP contribution in [-0.2, 0) is 0 Å². The Balaban J connectivity index is 1.72. The summed E-state index contributed by atoms with van der Waals surface area (Å²) in [4.78, 5) is 5.08. The minimum absolute atomic E-state index is 0.526. The number of nitrogen functional groups attached to an aromatic ring is 1. The number of hydrogen-bond donors (Lipinski definition) is 1. The van der Waals surface area contributed by atoms with E-state index in [2.05, 4.69) is 48.9 Å². The van der Waals surface area contributed by atoms with Crippen molar-refractivity contribution in [3.05, 3.63) is 23.8 Å². The summed E-state index contributed by atoms with van der Waals surface area (Å²) in [5.74, 6) is 0.526. The smallest absolute Gasteiger partial charge is 0.0402 e. The second-order valence-electron chi connectivity index (χ2n) is 7.76. The van der Waals surface area contributed by atoms with Gasteiger partial charge in [0.05, 0.1) is 0 Å². The first-order chi connectivity index (χ1) is 10.5. The molecule has 2 aliphatic rings. The van der Waals surface area contributed by atoms with E-state index in [4.69, 9.17) is 5.73 Å². The molecule has 0 unspecified atom stereocenters. The minimum atomic E-state index is 0.526. The number of nitrogens with zero attached hydrogens (tertiary/aromatic N) is 2. The van der Waals surface area contributed by atoms with Crippen LogP contribution in [0.3, 0.4) is 0 Å². The summed E-state index contributed by atoms with van der Waals surface area (Å²) >= 11 is 0. The average Bonchev–Trinajstić information content (AvgIpc) is 2.51. The quantitative estimate of drug-likeness (QED) is 0.845. The zero-order valence-corrected chi connectivity index (χ0v) is 14.4. The summed E-state index contributed by atoms with van der Waals surface area (Å²) in [5.41, 5.74) is 10.3. The van der Waals surface area contributed by atoms with Crippen LogP contribution in [0.25, 0.3) is 0 Å². The van der Waals surface area contributed by atoms with Crippen molar-refractivity contribution in [3.63, 3.8) is 0 Å². The summed E-state index contributed by atoms with van der Waals surface area (Å²) < 4.78 is 0. The molecular weight excluding hydrogens is 270 g/mol. The fourth-order valence-corrected chi connectivity index (χ4v) is 4.14. The van der Waals surface area contributed by atoms with Crippen molar-refractivity contribution in [3.8, 4) is 0 Å². The molecule has 0 atom stereocenters. The topological polar surface area (TPSA) is 32.5 Å². The fourth-order valence-electron chi connectivity index (χ4n) is 4.14. The normalized spacial score (nSPS) is 22.5. The minimum Gasteiger partial charge on any atom is -0.399 e. The maximum atomic E-state index is 6.00. The SMILES string of the molecule is CC(C)c1cc(N)ccc1N1CCC2(CCN(C)CC2)CC1. The second-order valence-corrected chi connectivity index (χ2v) is 7.76. The van der Waals surface area contributed by atoms with Crippen molar-refractivity contribution >= 4 is 11.4 Å². The van der Waals surface area contributed by atoms with Crippen LogP contribution in [0.1, 0.15) is 51.0 Å². The van der Waals surface area contributed by atoms with Gasteiger partial charge < -0.3 is 15.5 Å². The van der Waals surface area contributed by atoms with Crippen LogP contribution in [0.2, 0.25) is 0 Å². The molecule has 1 spiro atoms. The highest BCUT2D eigenvalue weighted by atomic mass is 15.1. The lowest BCUT2D eigenvalue weighted by atomic mass is 9.71. The standard InChI is InChI=1S/C19H31N3/c1-15(2)17-14-16(20)4-5-18(17)22-12-8-19(9-13-22)6-10-21(3)11-7-19/h4-5,14-15H,6-13,20H2,1-3H3. The Morgan fingerprint density at radius 1 is 1.00 bits per heavy atom. The van der Waals surface area contributed by atoms with Gasteiger partial charge in [0, 0.05) is 24.5 Å². The number of anilines is 2. The molecule has 1 aromatic carbocycles. The van der Waals surface area contributed by atoms with Crippen molar-refractivity contribution in [2.75, 3.05) is 43.9 Å². The number of rotatable bonds is 2.